The van der Waals surface area contributed by atoms with Crippen LogP contribution < -0.4 is 5.32 Å². The maximum atomic E-state index is 11.4. The van der Waals surface area contributed by atoms with Crippen molar-refractivity contribution < 1.29 is 9.53 Å². The molecule has 0 radical (unpaired) electrons. The fourth-order valence-corrected chi connectivity index (χ4v) is 3.16. The highest BCUT2D eigenvalue weighted by Crippen LogP contribution is 2.35. The summed E-state index contributed by atoms with van der Waals surface area (Å²) in [6.07, 6.45) is 2.63. The molecule has 1 atom stereocenters. The van der Waals surface area contributed by atoms with Gasteiger partial charge in [-0.15, -0.1) is 11.8 Å². The Morgan fingerprint density at radius 2 is 2.36 bits per heavy atom. The van der Waals surface area contributed by atoms with E-state index in [1.54, 1.807) is 0 Å². The summed E-state index contributed by atoms with van der Waals surface area (Å²) in [6, 6.07) is 0. The molecule has 1 heterocycles. The van der Waals surface area contributed by atoms with Crippen LogP contribution in [-0.2, 0) is 9.53 Å². The van der Waals surface area contributed by atoms with Crippen molar-refractivity contribution in [3.63, 3.8) is 0 Å². The molecule has 1 rings (SSSR count). The number of hydrogen-bond donors (Lipinski definition) is 1. The van der Waals surface area contributed by atoms with E-state index in [9.17, 15) is 4.79 Å². The highest BCUT2D eigenvalue weighted by molar-refractivity contribution is 8.00. The first-order valence-corrected chi connectivity index (χ1v) is 6.25. The van der Waals surface area contributed by atoms with E-state index in [0.29, 0.717) is 13.0 Å². The Bertz CT molecular complexity index is 191. The summed E-state index contributed by atoms with van der Waals surface area (Å²) in [5, 5.41) is 3.42. The molecule has 0 saturated carbocycles. The summed E-state index contributed by atoms with van der Waals surface area (Å²) in [6.45, 7) is 5.48. The number of carbonyl (C=O) groups is 1. The van der Waals surface area contributed by atoms with Gasteiger partial charge in [-0.3, -0.25) is 4.79 Å². The van der Waals surface area contributed by atoms with Crippen molar-refractivity contribution in [1.29, 1.82) is 0 Å². The van der Waals surface area contributed by atoms with Crippen LogP contribution in [0.2, 0.25) is 0 Å². The SMILES string of the molecule is CCCC1(CC(=O)OCC)NCCS1. The monoisotopic (exact) mass is 217 g/mol. The molecule has 0 spiro atoms. The molecular formula is C10H19NO2S. The Morgan fingerprint density at radius 1 is 1.57 bits per heavy atom. The van der Waals surface area contributed by atoms with Crippen molar-refractivity contribution in [3.05, 3.63) is 0 Å². The van der Waals surface area contributed by atoms with E-state index in [0.717, 1.165) is 25.1 Å². The van der Waals surface area contributed by atoms with Gasteiger partial charge in [0.15, 0.2) is 0 Å². The highest BCUT2D eigenvalue weighted by atomic mass is 32.2. The molecule has 1 fully saturated rings. The largest absolute Gasteiger partial charge is 0.466 e. The van der Waals surface area contributed by atoms with E-state index in [1.165, 1.54) is 0 Å². The molecule has 0 bridgehead atoms. The van der Waals surface area contributed by atoms with Gasteiger partial charge < -0.3 is 10.1 Å². The Morgan fingerprint density at radius 3 is 2.86 bits per heavy atom. The average Bonchev–Trinajstić information content (AvgIpc) is 2.54. The van der Waals surface area contributed by atoms with Gasteiger partial charge in [0.25, 0.3) is 0 Å². The lowest BCUT2D eigenvalue weighted by molar-refractivity contribution is -0.144. The topological polar surface area (TPSA) is 38.3 Å². The Balaban J connectivity index is 2.46. The Kier molecular flexibility index (Phi) is 4.75. The predicted octanol–water partition coefficient (Wildman–Crippen LogP) is 1.77. The molecule has 0 aliphatic carbocycles. The molecule has 1 N–H and O–H groups in total. The quantitative estimate of drug-likeness (QED) is 0.712. The predicted molar refractivity (Wildman–Crippen MR) is 59.3 cm³/mol. The average molecular weight is 217 g/mol. The molecule has 14 heavy (non-hydrogen) atoms. The van der Waals surface area contributed by atoms with Crippen LogP contribution in [0.15, 0.2) is 0 Å². The van der Waals surface area contributed by atoms with Crippen molar-refractivity contribution in [2.24, 2.45) is 0 Å². The number of ether oxygens (including phenoxy) is 1. The van der Waals surface area contributed by atoms with E-state index in [2.05, 4.69) is 12.2 Å². The van der Waals surface area contributed by atoms with Crippen LogP contribution in [-0.4, -0.2) is 29.7 Å². The third-order valence-corrected chi connectivity index (χ3v) is 3.77. The van der Waals surface area contributed by atoms with Gasteiger partial charge in [0.05, 0.1) is 17.9 Å². The van der Waals surface area contributed by atoms with Gasteiger partial charge in [-0.1, -0.05) is 13.3 Å². The molecule has 1 unspecified atom stereocenters. The maximum absolute atomic E-state index is 11.4. The highest BCUT2D eigenvalue weighted by Gasteiger charge is 2.35. The zero-order chi connectivity index (χ0) is 10.4. The summed E-state index contributed by atoms with van der Waals surface area (Å²) >= 11 is 1.86. The molecule has 4 heteroatoms. The summed E-state index contributed by atoms with van der Waals surface area (Å²) in [4.78, 5) is 11.4. The molecule has 1 aliphatic heterocycles. The summed E-state index contributed by atoms with van der Waals surface area (Å²) in [5.41, 5.74) is 0. The van der Waals surface area contributed by atoms with Crippen molar-refractivity contribution in [2.45, 2.75) is 38.0 Å². The number of hydrogen-bond acceptors (Lipinski definition) is 4. The molecule has 1 saturated heterocycles. The van der Waals surface area contributed by atoms with Crippen LogP contribution in [0.1, 0.15) is 33.1 Å². The maximum Gasteiger partial charge on any atom is 0.308 e. The van der Waals surface area contributed by atoms with Gasteiger partial charge in [-0.2, -0.15) is 0 Å². The second kappa shape index (κ2) is 5.61. The van der Waals surface area contributed by atoms with Crippen LogP contribution in [0.4, 0.5) is 0 Å². The molecule has 0 aromatic carbocycles. The second-order valence-electron chi connectivity index (χ2n) is 3.50. The fourth-order valence-electron chi connectivity index (χ4n) is 1.79. The lowest BCUT2D eigenvalue weighted by atomic mass is 10.1. The summed E-state index contributed by atoms with van der Waals surface area (Å²) < 4.78 is 4.98. The first-order chi connectivity index (χ1) is 6.72. The first kappa shape index (κ1) is 11.9. The smallest absolute Gasteiger partial charge is 0.308 e. The van der Waals surface area contributed by atoms with Gasteiger partial charge in [0, 0.05) is 12.3 Å². The second-order valence-corrected chi connectivity index (χ2v) is 4.98. The number of rotatable bonds is 5. The van der Waals surface area contributed by atoms with Gasteiger partial charge in [0.1, 0.15) is 0 Å². The molecule has 0 amide bonds. The number of thioether (sulfide) groups is 1. The van der Waals surface area contributed by atoms with Gasteiger partial charge in [-0.05, 0) is 13.3 Å². The number of esters is 1. The molecule has 82 valence electrons. The van der Waals surface area contributed by atoms with E-state index >= 15 is 0 Å². The van der Waals surface area contributed by atoms with Crippen LogP contribution in [0.25, 0.3) is 0 Å². The van der Waals surface area contributed by atoms with Crippen LogP contribution in [0.3, 0.4) is 0 Å². The van der Waals surface area contributed by atoms with Crippen LogP contribution >= 0.6 is 11.8 Å². The summed E-state index contributed by atoms with van der Waals surface area (Å²) in [5.74, 6) is 1.02. The number of nitrogens with one attached hydrogen (secondary N) is 1. The van der Waals surface area contributed by atoms with Crippen molar-refractivity contribution in [3.8, 4) is 0 Å². The van der Waals surface area contributed by atoms with E-state index in [1.807, 2.05) is 18.7 Å². The minimum atomic E-state index is -0.0807. The first-order valence-electron chi connectivity index (χ1n) is 5.27. The van der Waals surface area contributed by atoms with E-state index < -0.39 is 0 Å². The third-order valence-electron chi connectivity index (χ3n) is 2.32. The van der Waals surface area contributed by atoms with Gasteiger partial charge in [0.2, 0.25) is 0 Å². The minimum Gasteiger partial charge on any atom is -0.466 e. The fraction of sp³-hybridized carbons (Fsp3) is 0.900. The Hall–Kier alpha value is -0.220. The minimum absolute atomic E-state index is 0.0407. The molecule has 1 aliphatic rings. The Labute approximate surface area is 90.0 Å². The van der Waals surface area contributed by atoms with Crippen LogP contribution in [0.5, 0.6) is 0 Å². The molecular weight excluding hydrogens is 198 g/mol. The molecule has 3 nitrogen and oxygen atoms in total. The van der Waals surface area contributed by atoms with Crippen LogP contribution in [0, 0.1) is 0 Å². The van der Waals surface area contributed by atoms with Crippen molar-refractivity contribution in [2.75, 3.05) is 18.9 Å². The van der Waals surface area contributed by atoms with Gasteiger partial charge in [-0.25, -0.2) is 0 Å². The lowest BCUT2D eigenvalue weighted by Gasteiger charge is -2.26. The van der Waals surface area contributed by atoms with Crippen molar-refractivity contribution in [1.82, 2.24) is 5.32 Å². The standard InChI is InChI=1S/C10H19NO2S/c1-3-5-10(11-6-7-14-10)8-9(12)13-4-2/h11H,3-8H2,1-2H3. The van der Waals surface area contributed by atoms with Gasteiger partial charge >= 0.3 is 5.97 Å². The molecule has 0 aromatic rings. The molecule has 0 aromatic heterocycles. The third kappa shape index (κ3) is 3.17. The summed E-state index contributed by atoms with van der Waals surface area (Å²) in [7, 11) is 0. The number of carbonyl (C=O) groups excluding carboxylic acids is 1. The van der Waals surface area contributed by atoms with E-state index in [-0.39, 0.29) is 10.8 Å². The normalized spacial score (nSPS) is 26.4. The zero-order valence-electron chi connectivity index (χ0n) is 8.97. The lowest BCUT2D eigenvalue weighted by Crippen LogP contribution is -2.39. The van der Waals surface area contributed by atoms with E-state index in [4.69, 9.17) is 4.74 Å². The zero-order valence-corrected chi connectivity index (χ0v) is 9.78. The van der Waals surface area contributed by atoms with Crippen molar-refractivity contribution >= 4 is 17.7 Å².